The Morgan fingerprint density at radius 2 is 1.91 bits per heavy atom. The summed E-state index contributed by atoms with van der Waals surface area (Å²) in [5.41, 5.74) is 4.14. The van der Waals surface area contributed by atoms with Crippen LogP contribution in [0.5, 0.6) is 5.88 Å². The normalized spacial score (nSPS) is 11.0. The van der Waals surface area contributed by atoms with E-state index in [0.717, 1.165) is 22.9 Å². The fourth-order valence-electron chi connectivity index (χ4n) is 4.01. The lowest BCUT2D eigenvalue weighted by atomic mass is 10.0. The quantitative estimate of drug-likeness (QED) is 0.355. The molecular weight excluding hydrogens is 407 g/mol. The summed E-state index contributed by atoms with van der Waals surface area (Å²) in [6.45, 7) is 4.25. The number of nitrogens with zero attached hydrogens (tertiary/aromatic N) is 2. The molecule has 0 fully saturated rings. The van der Waals surface area contributed by atoms with Gasteiger partial charge in [0.25, 0.3) is 0 Å². The average molecular weight is 432 g/mol. The highest BCUT2D eigenvalue weighted by Gasteiger charge is 2.27. The van der Waals surface area contributed by atoms with Gasteiger partial charge in [-0.2, -0.15) is 0 Å². The van der Waals surface area contributed by atoms with Gasteiger partial charge in [0.05, 0.1) is 20.3 Å². The Hall–Kier alpha value is -3.67. The van der Waals surface area contributed by atoms with Crippen LogP contribution in [0.25, 0.3) is 22.0 Å². The van der Waals surface area contributed by atoms with Crippen LogP contribution in [0.1, 0.15) is 35.5 Å². The Kier molecular flexibility index (Phi) is 6.21. The van der Waals surface area contributed by atoms with Gasteiger partial charge < -0.3 is 14.0 Å². The van der Waals surface area contributed by atoms with Gasteiger partial charge >= 0.3 is 5.97 Å². The van der Waals surface area contributed by atoms with Crippen LogP contribution >= 0.6 is 0 Å². The Labute approximate surface area is 186 Å². The summed E-state index contributed by atoms with van der Waals surface area (Å²) in [5, 5.41) is 0.870. The molecule has 0 saturated heterocycles. The topological polar surface area (TPSA) is 53.4 Å². The standard InChI is InChI=1S/C26H25FN2O3/c1-4-17-12-13-22-20(15-17)23(19-10-8-14-28-25(19)31-3)24(26(30)32-5-2)29(22)16-18-9-6-7-11-21(18)27/h6-15H,4-5,16H2,1-3H3. The Bertz CT molecular complexity index is 1280. The predicted octanol–water partition coefficient (Wildman–Crippen LogP) is 5.64. The maximum Gasteiger partial charge on any atom is 0.355 e. The summed E-state index contributed by atoms with van der Waals surface area (Å²) in [7, 11) is 1.55. The smallest absolute Gasteiger partial charge is 0.355 e. The second-order valence-electron chi connectivity index (χ2n) is 7.39. The SMILES string of the molecule is CCOC(=O)c1c(-c2cccnc2OC)c2cc(CC)ccc2n1Cc1ccccc1F. The zero-order valence-electron chi connectivity index (χ0n) is 18.4. The van der Waals surface area contributed by atoms with Crippen molar-refractivity contribution in [3.8, 4) is 17.0 Å². The number of hydrogen-bond donors (Lipinski definition) is 0. The van der Waals surface area contributed by atoms with Gasteiger partial charge in [0.15, 0.2) is 0 Å². The lowest BCUT2D eigenvalue weighted by Gasteiger charge is -2.13. The van der Waals surface area contributed by atoms with E-state index < -0.39 is 5.97 Å². The zero-order valence-corrected chi connectivity index (χ0v) is 18.4. The third-order valence-electron chi connectivity index (χ3n) is 5.52. The molecule has 6 heteroatoms. The molecule has 2 heterocycles. The first-order chi connectivity index (χ1) is 15.6. The zero-order chi connectivity index (χ0) is 22.7. The highest BCUT2D eigenvalue weighted by Crippen LogP contribution is 2.40. The minimum absolute atomic E-state index is 0.186. The summed E-state index contributed by atoms with van der Waals surface area (Å²) in [6, 6.07) is 16.3. The maximum absolute atomic E-state index is 14.6. The lowest BCUT2D eigenvalue weighted by molar-refractivity contribution is 0.0516. The van der Waals surface area contributed by atoms with Gasteiger partial charge in [-0.25, -0.2) is 14.2 Å². The largest absolute Gasteiger partial charge is 0.481 e. The highest BCUT2D eigenvalue weighted by atomic mass is 19.1. The number of halogens is 1. The lowest BCUT2D eigenvalue weighted by Crippen LogP contribution is -2.14. The van der Waals surface area contributed by atoms with Crippen molar-refractivity contribution in [1.82, 2.24) is 9.55 Å². The monoisotopic (exact) mass is 432 g/mol. The molecule has 0 aliphatic carbocycles. The number of esters is 1. The molecule has 0 radical (unpaired) electrons. The molecule has 0 saturated carbocycles. The number of carbonyl (C=O) groups is 1. The van der Waals surface area contributed by atoms with Crippen molar-refractivity contribution in [2.24, 2.45) is 0 Å². The number of rotatable bonds is 7. The fraction of sp³-hybridized carbons (Fsp3) is 0.231. The molecule has 2 aromatic carbocycles. The first kappa shape index (κ1) is 21.6. The van der Waals surface area contributed by atoms with Gasteiger partial charge in [-0.15, -0.1) is 0 Å². The first-order valence-electron chi connectivity index (χ1n) is 10.6. The molecule has 4 aromatic rings. The number of fused-ring (bicyclic) bond motifs is 1. The third kappa shape index (κ3) is 3.84. The van der Waals surface area contributed by atoms with E-state index in [2.05, 4.69) is 18.0 Å². The number of benzene rings is 2. The molecular formula is C26H25FN2O3. The van der Waals surface area contributed by atoms with Crippen LogP contribution in [0.2, 0.25) is 0 Å². The molecule has 0 bridgehead atoms. The van der Waals surface area contributed by atoms with Crippen molar-refractivity contribution in [3.05, 3.63) is 83.4 Å². The van der Waals surface area contributed by atoms with Crippen molar-refractivity contribution in [1.29, 1.82) is 0 Å². The second kappa shape index (κ2) is 9.22. The summed E-state index contributed by atoms with van der Waals surface area (Å²) in [6.07, 6.45) is 2.48. The minimum Gasteiger partial charge on any atom is -0.481 e. The Morgan fingerprint density at radius 1 is 1.09 bits per heavy atom. The number of methoxy groups -OCH3 is 1. The van der Waals surface area contributed by atoms with E-state index in [1.165, 1.54) is 6.07 Å². The second-order valence-corrected chi connectivity index (χ2v) is 7.39. The number of carbonyl (C=O) groups excluding carboxylic acids is 1. The molecule has 0 spiro atoms. The molecule has 2 aromatic heterocycles. The molecule has 5 nitrogen and oxygen atoms in total. The molecule has 4 rings (SSSR count). The molecule has 0 atom stereocenters. The van der Waals surface area contributed by atoms with E-state index in [1.807, 2.05) is 22.8 Å². The summed E-state index contributed by atoms with van der Waals surface area (Å²) >= 11 is 0. The first-order valence-corrected chi connectivity index (χ1v) is 10.6. The highest BCUT2D eigenvalue weighted by molar-refractivity contribution is 6.09. The summed E-state index contributed by atoms with van der Waals surface area (Å²) < 4.78 is 27.3. The Balaban J connectivity index is 2.09. The number of hydrogen-bond acceptors (Lipinski definition) is 4. The van der Waals surface area contributed by atoms with Crippen LogP contribution in [0.4, 0.5) is 4.39 Å². The van der Waals surface area contributed by atoms with Crippen molar-refractivity contribution in [3.63, 3.8) is 0 Å². The van der Waals surface area contributed by atoms with E-state index in [-0.39, 0.29) is 19.0 Å². The molecule has 0 amide bonds. The average Bonchev–Trinajstić information content (AvgIpc) is 3.13. The van der Waals surface area contributed by atoms with Gasteiger partial charge in [0, 0.05) is 33.8 Å². The predicted molar refractivity (Wildman–Crippen MR) is 123 cm³/mol. The van der Waals surface area contributed by atoms with E-state index in [4.69, 9.17) is 9.47 Å². The molecule has 0 unspecified atom stereocenters. The van der Waals surface area contributed by atoms with Gasteiger partial charge in [-0.1, -0.05) is 31.2 Å². The number of ether oxygens (including phenoxy) is 2. The van der Waals surface area contributed by atoms with Crippen molar-refractivity contribution in [2.45, 2.75) is 26.8 Å². The van der Waals surface area contributed by atoms with E-state index >= 15 is 0 Å². The third-order valence-corrected chi connectivity index (χ3v) is 5.52. The maximum atomic E-state index is 14.6. The number of aryl methyl sites for hydroxylation is 1. The van der Waals surface area contributed by atoms with Crippen LogP contribution in [0.15, 0.2) is 60.8 Å². The van der Waals surface area contributed by atoms with Gasteiger partial charge in [-0.3, -0.25) is 0 Å². The minimum atomic E-state index is -0.473. The number of pyridine rings is 1. The molecule has 0 aliphatic rings. The molecule has 0 N–H and O–H groups in total. The summed E-state index contributed by atoms with van der Waals surface area (Å²) in [4.78, 5) is 17.6. The van der Waals surface area contributed by atoms with Gasteiger partial charge in [0.1, 0.15) is 11.5 Å². The summed E-state index contributed by atoms with van der Waals surface area (Å²) in [5.74, 6) is -0.390. The van der Waals surface area contributed by atoms with Crippen molar-refractivity contribution < 1.29 is 18.7 Å². The molecule has 32 heavy (non-hydrogen) atoms. The van der Waals surface area contributed by atoms with Crippen LogP contribution in [0, 0.1) is 5.82 Å². The molecule has 164 valence electrons. The number of aromatic nitrogens is 2. The fourth-order valence-corrected chi connectivity index (χ4v) is 4.01. The van der Waals surface area contributed by atoms with Crippen LogP contribution in [-0.4, -0.2) is 29.2 Å². The van der Waals surface area contributed by atoms with Crippen LogP contribution < -0.4 is 4.74 Å². The van der Waals surface area contributed by atoms with E-state index in [9.17, 15) is 9.18 Å². The van der Waals surface area contributed by atoms with Gasteiger partial charge in [0.2, 0.25) is 5.88 Å². The van der Waals surface area contributed by atoms with Crippen LogP contribution in [-0.2, 0) is 17.7 Å². The van der Waals surface area contributed by atoms with Crippen molar-refractivity contribution >= 4 is 16.9 Å². The van der Waals surface area contributed by atoms with Crippen LogP contribution in [0.3, 0.4) is 0 Å². The van der Waals surface area contributed by atoms with E-state index in [0.29, 0.717) is 28.3 Å². The van der Waals surface area contributed by atoms with Gasteiger partial charge in [-0.05, 0) is 49.2 Å². The van der Waals surface area contributed by atoms with E-state index in [1.54, 1.807) is 44.5 Å². The Morgan fingerprint density at radius 3 is 2.62 bits per heavy atom. The van der Waals surface area contributed by atoms with Crippen molar-refractivity contribution in [2.75, 3.05) is 13.7 Å². The molecule has 0 aliphatic heterocycles.